The lowest BCUT2D eigenvalue weighted by atomic mass is 10.1. The van der Waals surface area contributed by atoms with Crippen molar-refractivity contribution in [2.75, 3.05) is 0 Å². The summed E-state index contributed by atoms with van der Waals surface area (Å²) in [5.74, 6) is -0.152. The molecule has 4 rings (SSSR count). The summed E-state index contributed by atoms with van der Waals surface area (Å²) in [6.45, 7) is 4.60. The predicted octanol–water partition coefficient (Wildman–Crippen LogP) is 4.79. The molecule has 150 valence electrons. The summed E-state index contributed by atoms with van der Waals surface area (Å²) in [6.07, 6.45) is 5.32. The van der Waals surface area contributed by atoms with Crippen LogP contribution in [0.5, 0.6) is 0 Å². The molecule has 0 radical (unpaired) electrons. The summed E-state index contributed by atoms with van der Waals surface area (Å²) in [6, 6.07) is 21.8. The number of rotatable bonds is 6. The van der Waals surface area contributed by atoms with Gasteiger partial charge in [0.2, 0.25) is 0 Å². The monoisotopic (exact) mass is 396 g/mol. The van der Waals surface area contributed by atoms with Crippen molar-refractivity contribution >= 4 is 5.91 Å². The molecule has 0 spiro atoms. The highest BCUT2D eigenvalue weighted by atomic mass is 16.1. The molecule has 30 heavy (non-hydrogen) atoms. The van der Waals surface area contributed by atoms with Gasteiger partial charge >= 0.3 is 0 Å². The smallest absolute Gasteiger partial charge is 0.255 e. The summed E-state index contributed by atoms with van der Waals surface area (Å²) in [5, 5.41) is 7.83. The molecule has 0 aliphatic heterocycles. The maximum absolute atomic E-state index is 13.2. The molecule has 0 saturated carbocycles. The van der Waals surface area contributed by atoms with E-state index in [2.05, 4.69) is 22.4 Å². The number of carbonyl (C=O) groups excluding carboxylic acids is 1. The van der Waals surface area contributed by atoms with E-state index in [0.29, 0.717) is 17.8 Å². The summed E-state index contributed by atoms with van der Waals surface area (Å²) in [5.41, 5.74) is 5.42. The Labute approximate surface area is 176 Å². The van der Waals surface area contributed by atoms with Crippen LogP contribution in [-0.2, 0) is 6.54 Å². The highest BCUT2D eigenvalue weighted by molar-refractivity contribution is 6.00. The summed E-state index contributed by atoms with van der Waals surface area (Å²) in [4.78, 5) is 17.3. The van der Waals surface area contributed by atoms with Crippen LogP contribution in [0.1, 0.15) is 40.0 Å². The molecule has 0 bridgehead atoms. The first-order valence-corrected chi connectivity index (χ1v) is 9.99. The van der Waals surface area contributed by atoms with Crippen LogP contribution < -0.4 is 5.32 Å². The number of hydrogen-bond donors (Lipinski definition) is 1. The number of aromatic nitrogens is 3. The van der Waals surface area contributed by atoms with Crippen molar-refractivity contribution in [2.24, 2.45) is 0 Å². The molecule has 5 nitrogen and oxygen atoms in total. The lowest BCUT2D eigenvalue weighted by Crippen LogP contribution is -2.26. The minimum absolute atomic E-state index is 0.152. The number of amides is 1. The number of nitrogens with zero attached hydrogens (tertiary/aromatic N) is 3. The Kier molecular flexibility index (Phi) is 5.70. The van der Waals surface area contributed by atoms with E-state index in [1.165, 1.54) is 5.56 Å². The van der Waals surface area contributed by atoms with Crippen LogP contribution in [-0.4, -0.2) is 20.7 Å². The molecule has 1 N–H and O–H groups in total. The topological polar surface area (TPSA) is 59.8 Å². The number of pyridine rings is 1. The Morgan fingerprint density at radius 3 is 2.50 bits per heavy atom. The normalized spacial score (nSPS) is 11.8. The molecule has 2 aromatic heterocycles. The van der Waals surface area contributed by atoms with Gasteiger partial charge in [0.1, 0.15) is 5.69 Å². The second-order valence-electron chi connectivity index (χ2n) is 7.42. The summed E-state index contributed by atoms with van der Waals surface area (Å²) < 4.78 is 1.83. The van der Waals surface area contributed by atoms with Crippen LogP contribution in [0.15, 0.2) is 85.3 Å². The standard InChI is InChI=1S/C25H24N4O/c1-18-10-12-21(13-11-18)24-23(17-29(28-24)16-20-7-4-3-5-8-20)25(30)27-19(2)22-9-6-14-26-15-22/h3-15,17,19H,16H2,1-2H3,(H,27,30). The van der Waals surface area contributed by atoms with Crippen molar-refractivity contribution in [3.05, 3.63) is 108 Å². The summed E-state index contributed by atoms with van der Waals surface area (Å²) >= 11 is 0. The molecule has 2 aromatic carbocycles. The van der Waals surface area contributed by atoms with Crippen molar-refractivity contribution in [1.29, 1.82) is 0 Å². The van der Waals surface area contributed by atoms with Crippen molar-refractivity contribution in [2.45, 2.75) is 26.4 Å². The first kappa shape index (κ1) is 19.6. The largest absolute Gasteiger partial charge is 0.345 e. The molecule has 5 heteroatoms. The predicted molar refractivity (Wildman–Crippen MR) is 118 cm³/mol. The maximum atomic E-state index is 13.2. The third-order valence-corrected chi connectivity index (χ3v) is 5.05. The van der Waals surface area contributed by atoms with Gasteiger partial charge in [0.15, 0.2) is 0 Å². The minimum Gasteiger partial charge on any atom is -0.345 e. The van der Waals surface area contributed by atoms with Gasteiger partial charge in [-0.15, -0.1) is 0 Å². The van der Waals surface area contributed by atoms with Gasteiger partial charge in [0.25, 0.3) is 5.91 Å². The van der Waals surface area contributed by atoms with Gasteiger partial charge in [-0.3, -0.25) is 14.5 Å². The number of aryl methyl sites for hydroxylation is 1. The average molecular weight is 396 g/mol. The lowest BCUT2D eigenvalue weighted by Gasteiger charge is -2.13. The molecule has 0 saturated heterocycles. The van der Waals surface area contributed by atoms with Gasteiger partial charge in [-0.1, -0.05) is 66.2 Å². The fraction of sp³-hybridized carbons (Fsp3) is 0.160. The molecule has 1 amide bonds. The molecule has 0 aliphatic carbocycles. The van der Waals surface area contributed by atoms with Crippen LogP contribution >= 0.6 is 0 Å². The number of benzene rings is 2. The second-order valence-corrected chi connectivity index (χ2v) is 7.42. The number of nitrogens with one attached hydrogen (secondary N) is 1. The molecule has 0 aliphatic rings. The van der Waals surface area contributed by atoms with Crippen molar-refractivity contribution in [3.8, 4) is 11.3 Å². The maximum Gasteiger partial charge on any atom is 0.255 e. The van der Waals surface area contributed by atoms with Gasteiger partial charge in [-0.2, -0.15) is 5.10 Å². The van der Waals surface area contributed by atoms with E-state index in [4.69, 9.17) is 5.10 Å². The van der Waals surface area contributed by atoms with E-state index in [9.17, 15) is 4.79 Å². The van der Waals surface area contributed by atoms with Gasteiger partial charge in [-0.25, -0.2) is 0 Å². The summed E-state index contributed by atoms with van der Waals surface area (Å²) in [7, 11) is 0. The fourth-order valence-electron chi connectivity index (χ4n) is 3.35. The quantitative estimate of drug-likeness (QED) is 0.510. The van der Waals surface area contributed by atoms with E-state index in [1.807, 2.05) is 79.3 Å². The molecule has 0 fully saturated rings. The van der Waals surface area contributed by atoms with E-state index in [1.54, 1.807) is 12.4 Å². The SMILES string of the molecule is Cc1ccc(-c2nn(Cc3ccccc3)cc2C(=O)NC(C)c2cccnc2)cc1. The third-order valence-electron chi connectivity index (χ3n) is 5.05. The molecule has 2 heterocycles. The second kappa shape index (κ2) is 8.74. The Hall–Kier alpha value is -3.73. The molecular formula is C25H24N4O. The van der Waals surface area contributed by atoms with Gasteiger partial charge in [0, 0.05) is 24.2 Å². The number of hydrogen-bond acceptors (Lipinski definition) is 3. The lowest BCUT2D eigenvalue weighted by molar-refractivity contribution is 0.0940. The van der Waals surface area contributed by atoms with E-state index in [0.717, 1.165) is 16.7 Å². The minimum atomic E-state index is -0.158. The third kappa shape index (κ3) is 4.46. The fourth-order valence-corrected chi connectivity index (χ4v) is 3.35. The van der Waals surface area contributed by atoms with Crippen LogP contribution in [0.4, 0.5) is 0 Å². The number of carbonyl (C=O) groups is 1. The van der Waals surface area contributed by atoms with Crippen LogP contribution in [0.2, 0.25) is 0 Å². The van der Waals surface area contributed by atoms with Crippen molar-refractivity contribution in [1.82, 2.24) is 20.1 Å². The van der Waals surface area contributed by atoms with Crippen LogP contribution in [0.25, 0.3) is 11.3 Å². The average Bonchev–Trinajstić information content (AvgIpc) is 3.19. The highest BCUT2D eigenvalue weighted by Gasteiger charge is 2.20. The Balaban J connectivity index is 1.65. The Morgan fingerprint density at radius 1 is 1.03 bits per heavy atom. The highest BCUT2D eigenvalue weighted by Crippen LogP contribution is 2.24. The van der Waals surface area contributed by atoms with Crippen LogP contribution in [0, 0.1) is 6.92 Å². The van der Waals surface area contributed by atoms with Gasteiger partial charge in [0.05, 0.1) is 18.2 Å². The zero-order valence-corrected chi connectivity index (χ0v) is 17.1. The van der Waals surface area contributed by atoms with E-state index >= 15 is 0 Å². The first-order valence-electron chi connectivity index (χ1n) is 9.99. The van der Waals surface area contributed by atoms with Crippen molar-refractivity contribution < 1.29 is 4.79 Å². The Morgan fingerprint density at radius 2 is 1.80 bits per heavy atom. The molecule has 4 aromatic rings. The first-order chi connectivity index (χ1) is 14.6. The zero-order valence-electron chi connectivity index (χ0n) is 17.1. The molecule has 1 atom stereocenters. The van der Waals surface area contributed by atoms with Gasteiger partial charge < -0.3 is 5.32 Å². The Bertz CT molecular complexity index is 1120. The van der Waals surface area contributed by atoms with Crippen LogP contribution in [0.3, 0.4) is 0 Å². The van der Waals surface area contributed by atoms with Gasteiger partial charge in [-0.05, 0) is 31.0 Å². The van der Waals surface area contributed by atoms with E-state index < -0.39 is 0 Å². The zero-order chi connectivity index (χ0) is 20.9. The molecule has 1 unspecified atom stereocenters. The molecular weight excluding hydrogens is 372 g/mol. The van der Waals surface area contributed by atoms with E-state index in [-0.39, 0.29) is 11.9 Å². The van der Waals surface area contributed by atoms with Crippen molar-refractivity contribution in [3.63, 3.8) is 0 Å².